The third-order valence-corrected chi connectivity index (χ3v) is 4.61. The van der Waals surface area contributed by atoms with Crippen LogP contribution in [-0.2, 0) is 4.79 Å². The predicted molar refractivity (Wildman–Crippen MR) is 107 cm³/mol. The molecule has 0 unspecified atom stereocenters. The highest BCUT2D eigenvalue weighted by molar-refractivity contribution is 6.32. The number of nitrogens with zero attached hydrogens (tertiary/aromatic N) is 2. The highest BCUT2D eigenvalue weighted by Crippen LogP contribution is 2.25. The smallest absolute Gasteiger partial charge is 0.280 e. The monoisotopic (exact) mass is 358 g/mol. The van der Waals surface area contributed by atoms with E-state index in [9.17, 15) is 9.59 Å². The normalized spacial score (nSPS) is 15.7. The lowest BCUT2D eigenvalue weighted by molar-refractivity contribution is -0.114. The quantitative estimate of drug-likeness (QED) is 0.645. The first-order valence-corrected chi connectivity index (χ1v) is 8.65. The number of para-hydroxylation sites is 1. The van der Waals surface area contributed by atoms with Gasteiger partial charge in [-0.3, -0.25) is 9.59 Å². The Kier molecular flexibility index (Phi) is 4.00. The van der Waals surface area contributed by atoms with E-state index in [1.54, 1.807) is 13.0 Å². The number of hydrazone groups is 1. The molecule has 0 radical (unpaired) electrons. The minimum Gasteiger partial charge on any atom is -0.463 e. The summed E-state index contributed by atoms with van der Waals surface area (Å²) in [5.74, 6) is -0.265. The van der Waals surface area contributed by atoms with Gasteiger partial charge in [0.2, 0.25) is 0 Å². The molecule has 5 nitrogen and oxygen atoms in total. The fourth-order valence-electron chi connectivity index (χ4n) is 3.32. The Morgan fingerprint density at radius 2 is 1.78 bits per heavy atom. The summed E-state index contributed by atoms with van der Waals surface area (Å²) in [7, 11) is 0. The van der Waals surface area contributed by atoms with Gasteiger partial charge in [0.25, 0.3) is 5.91 Å². The van der Waals surface area contributed by atoms with Gasteiger partial charge in [0.1, 0.15) is 11.8 Å². The van der Waals surface area contributed by atoms with Gasteiger partial charge in [-0.05, 0) is 56.2 Å². The summed E-state index contributed by atoms with van der Waals surface area (Å²) in [6.45, 7) is 5.59. The van der Waals surface area contributed by atoms with Gasteiger partial charge in [0, 0.05) is 0 Å². The number of aryl methyl sites for hydroxylation is 2. The van der Waals surface area contributed by atoms with Crippen molar-refractivity contribution in [3.63, 3.8) is 0 Å². The second kappa shape index (κ2) is 6.36. The van der Waals surface area contributed by atoms with Gasteiger partial charge in [-0.15, -0.1) is 0 Å². The zero-order chi connectivity index (χ0) is 19.1. The van der Waals surface area contributed by atoms with Crippen LogP contribution in [0.2, 0.25) is 0 Å². The molecule has 1 aliphatic rings. The first-order chi connectivity index (χ1) is 13.0. The highest BCUT2D eigenvalue weighted by atomic mass is 16.3. The molecule has 1 amide bonds. The van der Waals surface area contributed by atoms with Gasteiger partial charge >= 0.3 is 0 Å². The van der Waals surface area contributed by atoms with Crippen molar-refractivity contribution < 1.29 is 9.21 Å². The van der Waals surface area contributed by atoms with Crippen LogP contribution in [0.4, 0.5) is 5.69 Å². The van der Waals surface area contributed by atoms with E-state index in [0.717, 1.165) is 11.1 Å². The molecular formula is C22H18N2O3. The predicted octanol–water partition coefficient (Wildman–Crippen LogP) is 4.22. The summed E-state index contributed by atoms with van der Waals surface area (Å²) in [5.41, 5.74) is 4.24. The van der Waals surface area contributed by atoms with Crippen LogP contribution in [0.15, 0.2) is 68.6 Å². The number of carbonyl (C=O) groups is 1. The lowest BCUT2D eigenvalue weighted by atomic mass is 10.0. The lowest BCUT2D eigenvalue weighted by Gasteiger charge is -2.11. The topological polar surface area (TPSA) is 62.9 Å². The summed E-state index contributed by atoms with van der Waals surface area (Å²) >= 11 is 0. The van der Waals surface area contributed by atoms with E-state index in [2.05, 4.69) is 5.10 Å². The molecule has 2 heterocycles. The first-order valence-electron chi connectivity index (χ1n) is 8.65. The van der Waals surface area contributed by atoms with Crippen LogP contribution in [0.1, 0.15) is 23.6 Å². The molecule has 0 saturated heterocycles. The van der Waals surface area contributed by atoms with Crippen LogP contribution in [-0.4, -0.2) is 11.6 Å². The van der Waals surface area contributed by atoms with E-state index in [0.29, 0.717) is 33.5 Å². The molecule has 27 heavy (non-hydrogen) atoms. The van der Waals surface area contributed by atoms with E-state index in [4.69, 9.17) is 4.42 Å². The van der Waals surface area contributed by atoms with Gasteiger partial charge in [-0.1, -0.05) is 24.3 Å². The summed E-state index contributed by atoms with van der Waals surface area (Å²) in [4.78, 5) is 25.8. The Morgan fingerprint density at radius 3 is 2.52 bits per heavy atom. The van der Waals surface area contributed by atoms with Crippen molar-refractivity contribution in [1.29, 1.82) is 0 Å². The van der Waals surface area contributed by atoms with Gasteiger partial charge in [-0.2, -0.15) is 10.1 Å². The van der Waals surface area contributed by atoms with Crippen LogP contribution in [0.25, 0.3) is 17.0 Å². The lowest BCUT2D eigenvalue weighted by Crippen LogP contribution is -2.21. The van der Waals surface area contributed by atoms with Gasteiger partial charge in [0.05, 0.1) is 27.9 Å². The maximum atomic E-state index is 12.9. The van der Waals surface area contributed by atoms with Crippen LogP contribution in [0, 0.1) is 13.8 Å². The van der Waals surface area contributed by atoms with Crippen molar-refractivity contribution in [1.82, 2.24) is 0 Å². The molecule has 0 bridgehead atoms. The number of carbonyl (C=O) groups excluding carboxylic acids is 1. The molecule has 0 spiro atoms. The number of benzene rings is 2. The number of hydrogen-bond donors (Lipinski definition) is 0. The molecule has 0 fully saturated rings. The SMILES string of the molecule is CC1=NN(c2ccccc2)C(=O)/C1=C\c1coc2cc(C)cc(C)c2c1=O. The van der Waals surface area contributed by atoms with Gasteiger partial charge < -0.3 is 4.42 Å². The molecule has 134 valence electrons. The van der Waals surface area contributed by atoms with Crippen molar-refractivity contribution in [3.05, 3.63) is 81.2 Å². The molecule has 0 atom stereocenters. The Hall–Kier alpha value is -3.47. The number of anilines is 1. The number of rotatable bonds is 2. The van der Waals surface area contributed by atoms with E-state index >= 15 is 0 Å². The fraction of sp³-hybridized carbons (Fsp3) is 0.136. The summed E-state index contributed by atoms with van der Waals surface area (Å²) in [5, 5.41) is 6.22. The Bertz CT molecular complexity index is 1190. The molecule has 0 aliphatic carbocycles. The maximum absolute atomic E-state index is 12.9. The van der Waals surface area contributed by atoms with E-state index in [1.807, 2.05) is 56.3 Å². The third kappa shape index (κ3) is 2.87. The summed E-state index contributed by atoms with van der Waals surface area (Å²) in [6.07, 6.45) is 2.97. The fourth-order valence-corrected chi connectivity index (χ4v) is 3.32. The average Bonchev–Trinajstić information content (AvgIpc) is 2.92. The van der Waals surface area contributed by atoms with Crippen molar-refractivity contribution in [2.75, 3.05) is 5.01 Å². The van der Waals surface area contributed by atoms with E-state index in [1.165, 1.54) is 11.3 Å². The molecule has 2 aromatic carbocycles. The standard InChI is InChI=1S/C22H18N2O3/c1-13-9-14(2)20-19(10-13)27-12-16(21(20)25)11-18-15(3)23-24(22(18)26)17-7-5-4-6-8-17/h4-12H,1-3H3/b18-11-. The molecule has 1 aliphatic heterocycles. The third-order valence-electron chi connectivity index (χ3n) is 4.61. The summed E-state index contributed by atoms with van der Waals surface area (Å²) < 4.78 is 5.67. The zero-order valence-electron chi connectivity index (χ0n) is 15.3. The Labute approximate surface area is 156 Å². The maximum Gasteiger partial charge on any atom is 0.280 e. The van der Waals surface area contributed by atoms with Crippen LogP contribution in [0.5, 0.6) is 0 Å². The van der Waals surface area contributed by atoms with Crippen LogP contribution >= 0.6 is 0 Å². The molecule has 3 aromatic rings. The molecule has 4 rings (SSSR count). The minimum absolute atomic E-state index is 0.153. The Morgan fingerprint density at radius 1 is 1.04 bits per heavy atom. The molecule has 0 saturated carbocycles. The van der Waals surface area contributed by atoms with Crippen LogP contribution < -0.4 is 10.4 Å². The second-order valence-electron chi connectivity index (χ2n) is 6.67. The van der Waals surface area contributed by atoms with Crippen molar-refractivity contribution in [2.45, 2.75) is 20.8 Å². The van der Waals surface area contributed by atoms with Gasteiger partial charge in [0.15, 0.2) is 5.43 Å². The first kappa shape index (κ1) is 17.0. The number of hydrogen-bond acceptors (Lipinski definition) is 4. The molecule has 1 aromatic heterocycles. The van der Waals surface area contributed by atoms with E-state index < -0.39 is 0 Å². The van der Waals surface area contributed by atoms with Gasteiger partial charge in [-0.25, -0.2) is 0 Å². The van der Waals surface area contributed by atoms with Crippen LogP contribution in [0.3, 0.4) is 0 Å². The van der Waals surface area contributed by atoms with Crippen molar-refractivity contribution in [3.8, 4) is 0 Å². The average molecular weight is 358 g/mol. The number of fused-ring (bicyclic) bond motifs is 1. The zero-order valence-corrected chi connectivity index (χ0v) is 15.3. The molecule has 0 N–H and O–H groups in total. The molecular weight excluding hydrogens is 340 g/mol. The Balaban J connectivity index is 1.81. The number of amides is 1. The largest absolute Gasteiger partial charge is 0.463 e. The highest BCUT2D eigenvalue weighted by Gasteiger charge is 2.29. The van der Waals surface area contributed by atoms with Crippen molar-refractivity contribution in [2.24, 2.45) is 5.10 Å². The molecule has 5 heteroatoms. The second-order valence-corrected chi connectivity index (χ2v) is 6.67. The van der Waals surface area contributed by atoms with E-state index in [-0.39, 0.29) is 11.3 Å². The summed E-state index contributed by atoms with van der Waals surface area (Å²) in [6, 6.07) is 13.0. The minimum atomic E-state index is -0.265. The van der Waals surface area contributed by atoms with Crippen molar-refractivity contribution >= 4 is 34.4 Å².